The number of nitrogens with zero attached hydrogens (tertiary/aromatic N) is 1. The molecule has 1 fully saturated rings. The van der Waals surface area contributed by atoms with Gasteiger partial charge in [-0.3, -0.25) is 4.90 Å². The molecule has 26 heavy (non-hydrogen) atoms. The minimum absolute atomic E-state index is 0.0944. The van der Waals surface area contributed by atoms with E-state index in [1.54, 1.807) is 13.0 Å². The normalized spacial score (nSPS) is 19.4. The van der Waals surface area contributed by atoms with Crippen LogP contribution in [0.2, 0.25) is 0 Å². The van der Waals surface area contributed by atoms with Crippen LogP contribution in [0.3, 0.4) is 0 Å². The summed E-state index contributed by atoms with van der Waals surface area (Å²) in [6, 6.07) is 4.45. The number of hydrogen-bond acceptors (Lipinski definition) is 3. The highest BCUT2D eigenvalue weighted by Gasteiger charge is 2.51. The molecule has 1 aliphatic heterocycles. The first-order valence-electron chi connectivity index (χ1n) is 8.78. The quantitative estimate of drug-likeness (QED) is 0.556. The van der Waals surface area contributed by atoms with E-state index in [1.165, 1.54) is 17.0 Å². The van der Waals surface area contributed by atoms with Crippen molar-refractivity contribution in [2.45, 2.75) is 65.0 Å². The molecule has 0 radical (unpaired) electrons. The van der Waals surface area contributed by atoms with Gasteiger partial charge in [0.1, 0.15) is 5.82 Å². The number of alkyl halides is 3. The fourth-order valence-electron chi connectivity index (χ4n) is 2.84. The van der Waals surface area contributed by atoms with Gasteiger partial charge in [0.2, 0.25) is 0 Å². The van der Waals surface area contributed by atoms with Crippen LogP contribution in [0.15, 0.2) is 18.2 Å². The average Bonchev–Trinajstić information content (AvgIpc) is 2.68. The van der Waals surface area contributed by atoms with Crippen LogP contribution in [0.4, 0.5) is 17.6 Å². The molecule has 146 valence electrons. The van der Waals surface area contributed by atoms with Gasteiger partial charge in [0.05, 0.1) is 17.7 Å². The van der Waals surface area contributed by atoms with Crippen molar-refractivity contribution in [3.05, 3.63) is 29.6 Å². The van der Waals surface area contributed by atoms with E-state index in [1.807, 2.05) is 27.7 Å². The van der Waals surface area contributed by atoms with Crippen molar-refractivity contribution in [3.8, 4) is 0 Å². The van der Waals surface area contributed by atoms with E-state index in [4.69, 9.17) is 9.31 Å². The monoisotopic (exact) mass is 375 g/mol. The average molecular weight is 375 g/mol. The summed E-state index contributed by atoms with van der Waals surface area (Å²) in [6.45, 7) is 8.49. The van der Waals surface area contributed by atoms with Crippen LogP contribution < -0.4 is 5.46 Å². The zero-order valence-corrected chi connectivity index (χ0v) is 15.9. The van der Waals surface area contributed by atoms with Crippen LogP contribution in [0.5, 0.6) is 0 Å². The molecular weight excluding hydrogens is 349 g/mol. The van der Waals surface area contributed by atoms with Crippen LogP contribution in [-0.2, 0) is 15.9 Å². The molecule has 0 unspecified atom stereocenters. The lowest BCUT2D eigenvalue weighted by molar-refractivity contribution is -0.147. The first-order chi connectivity index (χ1) is 11.8. The summed E-state index contributed by atoms with van der Waals surface area (Å²) in [7, 11) is -0.703. The second kappa shape index (κ2) is 7.48. The maximum atomic E-state index is 14.5. The Labute approximate surface area is 152 Å². The van der Waals surface area contributed by atoms with E-state index in [0.717, 1.165) is 0 Å². The maximum absolute atomic E-state index is 14.5. The zero-order chi connectivity index (χ0) is 19.8. The van der Waals surface area contributed by atoms with Crippen LogP contribution in [0, 0.1) is 5.82 Å². The van der Waals surface area contributed by atoms with E-state index in [2.05, 4.69) is 0 Å². The molecule has 1 aromatic rings. The first-order valence-corrected chi connectivity index (χ1v) is 8.78. The van der Waals surface area contributed by atoms with Gasteiger partial charge in [0.15, 0.2) is 0 Å². The molecule has 1 aromatic carbocycles. The smallest absolute Gasteiger partial charge is 0.399 e. The fraction of sp³-hybridized carbons (Fsp3) is 0.667. The maximum Gasteiger partial charge on any atom is 0.494 e. The van der Waals surface area contributed by atoms with Gasteiger partial charge in [0, 0.05) is 12.1 Å². The Morgan fingerprint density at radius 3 is 2.12 bits per heavy atom. The summed E-state index contributed by atoms with van der Waals surface area (Å²) < 4.78 is 64.3. The highest BCUT2D eigenvalue weighted by molar-refractivity contribution is 6.62. The van der Waals surface area contributed by atoms with Gasteiger partial charge >= 0.3 is 13.3 Å². The molecule has 0 aromatic heterocycles. The van der Waals surface area contributed by atoms with Crippen molar-refractivity contribution in [1.82, 2.24) is 4.90 Å². The molecule has 2 rings (SSSR count). The van der Waals surface area contributed by atoms with Crippen molar-refractivity contribution in [2.75, 3.05) is 13.1 Å². The molecular formula is C18H26BF4NO2. The van der Waals surface area contributed by atoms with E-state index in [0.29, 0.717) is 11.9 Å². The summed E-state index contributed by atoms with van der Waals surface area (Å²) in [5.41, 5.74) is -0.347. The van der Waals surface area contributed by atoms with E-state index >= 15 is 0 Å². The molecule has 1 aliphatic rings. The number of benzene rings is 1. The van der Waals surface area contributed by atoms with Crippen molar-refractivity contribution in [3.63, 3.8) is 0 Å². The molecule has 0 saturated carbocycles. The number of hydrogen-bond donors (Lipinski definition) is 0. The van der Waals surface area contributed by atoms with Gasteiger partial charge in [-0.05, 0) is 52.2 Å². The zero-order valence-electron chi connectivity index (χ0n) is 15.9. The molecule has 1 heterocycles. The van der Waals surface area contributed by atoms with Crippen molar-refractivity contribution < 1.29 is 26.9 Å². The SMILES string of the molecule is CCCN(Cc1ccc(B2OC(C)(C)C(C)(C)O2)cc1F)CC(F)(F)F. The second-order valence-electron chi connectivity index (χ2n) is 7.76. The van der Waals surface area contributed by atoms with Crippen LogP contribution in [0.25, 0.3) is 0 Å². The fourth-order valence-corrected chi connectivity index (χ4v) is 2.84. The van der Waals surface area contributed by atoms with Crippen LogP contribution in [-0.4, -0.2) is 42.5 Å². The lowest BCUT2D eigenvalue weighted by Gasteiger charge is -2.32. The molecule has 3 nitrogen and oxygen atoms in total. The Kier molecular flexibility index (Phi) is 6.10. The predicted octanol–water partition coefficient (Wildman–Crippen LogP) is 3.90. The minimum Gasteiger partial charge on any atom is -0.399 e. The third kappa shape index (κ3) is 4.99. The van der Waals surface area contributed by atoms with Gasteiger partial charge in [0.25, 0.3) is 0 Å². The van der Waals surface area contributed by atoms with Crippen molar-refractivity contribution in [1.29, 1.82) is 0 Å². The standard InChI is InChI=1S/C18H26BF4NO2/c1-6-9-24(12-18(21,22)23)11-13-7-8-14(10-15(13)20)19-25-16(2,3)17(4,5)26-19/h7-8,10H,6,9,11-12H2,1-5H3. The molecule has 0 spiro atoms. The summed E-state index contributed by atoms with van der Waals surface area (Å²) >= 11 is 0. The summed E-state index contributed by atoms with van der Waals surface area (Å²) in [5.74, 6) is -0.555. The molecule has 8 heteroatoms. The summed E-state index contributed by atoms with van der Waals surface area (Å²) in [4.78, 5) is 1.20. The van der Waals surface area contributed by atoms with Gasteiger partial charge in [-0.15, -0.1) is 0 Å². The first kappa shape index (κ1) is 21.2. The molecule has 0 N–H and O–H groups in total. The third-order valence-corrected chi connectivity index (χ3v) is 4.94. The second-order valence-corrected chi connectivity index (χ2v) is 7.76. The molecule has 1 saturated heterocycles. The highest BCUT2D eigenvalue weighted by Crippen LogP contribution is 2.36. The highest BCUT2D eigenvalue weighted by atomic mass is 19.4. The van der Waals surface area contributed by atoms with Gasteiger partial charge < -0.3 is 9.31 Å². The third-order valence-electron chi connectivity index (χ3n) is 4.94. The van der Waals surface area contributed by atoms with Gasteiger partial charge in [-0.2, -0.15) is 13.2 Å². The Bertz CT molecular complexity index is 618. The van der Waals surface area contributed by atoms with Gasteiger partial charge in [-0.1, -0.05) is 19.1 Å². The molecule has 0 atom stereocenters. The lowest BCUT2D eigenvalue weighted by Crippen LogP contribution is -2.41. The molecule has 0 bridgehead atoms. The summed E-state index contributed by atoms with van der Waals surface area (Å²) in [6.07, 6.45) is -3.75. The Morgan fingerprint density at radius 2 is 1.65 bits per heavy atom. The largest absolute Gasteiger partial charge is 0.494 e. The lowest BCUT2D eigenvalue weighted by atomic mass is 9.78. The number of halogens is 4. The van der Waals surface area contributed by atoms with E-state index in [9.17, 15) is 17.6 Å². The predicted molar refractivity (Wildman–Crippen MR) is 93.7 cm³/mol. The van der Waals surface area contributed by atoms with Crippen LogP contribution in [0.1, 0.15) is 46.6 Å². The topological polar surface area (TPSA) is 21.7 Å². The minimum atomic E-state index is -4.31. The van der Waals surface area contributed by atoms with Crippen molar-refractivity contribution in [2.24, 2.45) is 0 Å². The Morgan fingerprint density at radius 1 is 1.08 bits per heavy atom. The molecule has 0 amide bonds. The van der Waals surface area contributed by atoms with Crippen molar-refractivity contribution >= 4 is 12.6 Å². The Hall–Kier alpha value is -1.12. The molecule has 0 aliphatic carbocycles. The summed E-state index contributed by atoms with van der Waals surface area (Å²) in [5, 5.41) is 0. The Balaban J connectivity index is 2.14. The van der Waals surface area contributed by atoms with Crippen LogP contribution >= 0.6 is 0 Å². The number of rotatable bonds is 6. The van der Waals surface area contributed by atoms with E-state index < -0.39 is 36.9 Å². The van der Waals surface area contributed by atoms with E-state index in [-0.39, 0.29) is 18.7 Å². The van der Waals surface area contributed by atoms with Gasteiger partial charge in [-0.25, -0.2) is 4.39 Å².